The first-order chi connectivity index (χ1) is 26.0. The molecule has 55 heavy (non-hydrogen) atoms. The van der Waals surface area contributed by atoms with E-state index < -0.39 is 62.2 Å². The molecule has 2 saturated carbocycles. The average molecular weight is 807 g/mol. The van der Waals surface area contributed by atoms with Crippen LogP contribution in [0.2, 0.25) is 0 Å². The molecule has 0 unspecified atom stereocenters. The summed E-state index contributed by atoms with van der Waals surface area (Å²) in [6.45, 7) is 1.87. The van der Waals surface area contributed by atoms with Crippen LogP contribution in [0.4, 0.5) is 18.0 Å². The van der Waals surface area contributed by atoms with Gasteiger partial charge in [0.25, 0.3) is 5.91 Å². The summed E-state index contributed by atoms with van der Waals surface area (Å²) >= 11 is 0.757. The van der Waals surface area contributed by atoms with Crippen molar-refractivity contribution in [2.45, 2.75) is 80.5 Å². The third-order valence-electron chi connectivity index (χ3n) is 10.8. The Morgan fingerprint density at radius 1 is 1.09 bits per heavy atom. The van der Waals surface area contributed by atoms with E-state index in [2.05, 4.69) is 20.0 Å². The van der Waals surface area contributed by atoms with Gasteiger partial charge in [-0.2, -0.15) is 13.2 Å². The van der Waals surface area contributed by atoms with Crippen LogP contribution in [0.5, 0.6) is 17.2 Å². The quantitative estimate of drug-likeness (QED) is 0.300. The van der Waals surface area contributed by atoms with Gasteiger partial charge in [0.05, 0.1) is 36.4 Å². The zero-order valence-corrected chi connectivity index (χ0v) is 32.2. The lowest BCUT2D eigenvalue weighted by molar-refractivity contribution is -0.140. The number of amides is 4. The second kappa shape index (κ2) is 14.1. The maximum absolute atomic E-state index is 14.2. The molecule has 1 aromatic carbocycles. The minimum absolute atomic E-state index is 0.0189. The number of hydrogen-bond acceptors (Lipinski definition) is 11. The molecule has 2 aliphatic heterocycles. The van der Waals surface area contributed by atoms with Gasteiger partial charge < -0.3 is 29.3 Å². The van der Waals surface area contributed by atoms with Gasteiger partial charge in [-0.05, 0) is 45.4 Å². The number of fused-ring (bicyclic) bond motifs is 3. The minimum atomic E-state index is -4.67. The number of nitrogens with zero attached hydrogens (tertiary/aromatic N) is 4. The Kier molecular flexibility index (Phi) is 9.92. The van der Waals surface area contributed by atoms with Crippen molar-refractivity contribution < 1.29 is 50.2 Å². The summed E-state index contributed by atoms with van der Waals surface area (Å²) in [4.78, 5) is 53.1. The van der Waals surface area contributed by atoms with Crippen molar-refractivity contribution in [3.8, 4) is 28.0 Å². The van der Waals surface area contributed by atoms with Crippen molar-refractivity contribution in [2.24, 2.45) is 5.92 Å². The number of hydrogen-bond donors (Lipinski definition) is 2. The van der Waals surface area contributed by atoms with E-state index in [9.17, 15) is 36.0 Å². The molecule has 4 heterocycles. The molecule has 19 heteroatoms. The number of carbonyl (C=O) groups excluding carboxylic acids is 3. The molecule has 4 amide bonds. The normalized spacial score (nSPS) is 26.0. The van der Waals surface area contributed by atoms with Crippen molar-refractivity contribution >= 4 is 50.1 Å². The van der Waals surface area contributed by atoms with Gasteiger partial charge in [0, 0.05) is 49.5 Å². The fraction of sp³-hybridized carbons (Fsp3) is 0.528. The van der Waals surface area contributed by atoms with Crippen LogP contribution in [-0.2, 0) is 25.8 Å². The van der Waals surface area contributed by atoms with E-state index in [4.69, 9.17) is 14.2 Å². The SMILES string of the molecule is COc1cc(OC)c2c(O[C@H]3C[C@H]4C(=O)N(C)CCCC/C=C\[C@@H]5C[C@@]5(C(=O)NS(=O)(=O)C5(C)CC5)NC(=O)N4C3)cc(-c3nc(C(F)(F)F)cs3)nc2c1. The molecular formula is C36H41F3N6O8S2. The molecule has 2 aliphatic carbocycles. The predicted octanol–water partition coefficient (Wildman–Crippen LogP) is 4.88. The lowest BCUT2D eigenvalue weighted by Gasteiger charge is -2.30. The summed E-state index contributed by atoms with van der Waals surface area (Å²) in [5.74, 6) is -0.849. The molecule has 7 rings (SSSR count). The third kappa shape index (κ3) is 7.39. The molecule has 0 radical (unpaired) electrons. The molecule has 0 bridgehead atoms. The van der Waals surface area contributed by atoms with Crippen LogP contribution in [0, 0.1) is 5.92 Å². The van der Waals surface area contributed by atoms with Gasteiger partial charge in [-0.15, -0.1) is 11.3 Å². The first-order valence-corrected chi connectivity index (χ1v) is 20.2. The molecule has 0 spiro atoms. The van der Waals surface area contributed by atoms with Gasteiger partial charge >= 0.3 is 12.2 Å². The van der Waals surface area contributed by atoms with E-state index in [1.165, 1.54) is 25.2 Å². The van der Waals surface area contributed by atoms with E-state index in [0.29, 0.717) is 49.1 Å². The molecular weight excluding hydrogens is 766 g/mol. The van der Waals surface area contributed by atoms with Gasteiger partial charge in [0.15, 0.2) is 5.69 Å². The number of likely N-dealkylation sites (N-methyl/N-ethyl adjacent to an activating group) is 1. The number of aromatic nitrogens is 2. The van der Waals surface area contributed by atoms with E-state index in [1.54, 1.807) is 31.0 Å². The van der Waals surface area contributed by atoms with E-state index in [-0.39, 0.29) is 47.3 Å². The Balaban J connectivity index is 1.23. The number of benzene rings is 1. The average Bonchev–Trinajstić information content (AvgIpc) is 3.90. The number of pyridine rings is 1. The lowest BCUT2D eigenvalue weighted by atomic mass is 10.1. The largest absolute Gasteiger partial charge is 0.497 e. The molecule has 2 aromatic heterocycles. The van der Waals surface area contributed by atoms with Crippen LogP contribution in [0.15, 0.2) is 35.7 Å². The van der Waals surface area contributed by atoms with Crippen LogP contribution in [-0.4, -0.2) is 103 Å². The standard InChI is InChI=1S/C36H41F3N6O8S2/c1-34(10-11-34)55(49,50)43-32(47)35-17-20(35)9-7-5-6-8-12-44(2)31(46)25-14-22(18-45(25)33(48)42-35)53-27-16-24(30-41-28(19-54-30)36(37,38)39)40-23-13-21(51-3)15-26(52-4)29(23)27/h7,9,13,15-16,19-20,22,25H,5-6,8,10-12,14,17-18H2,1-4H3,(H,42,48)(H,43,47)/b9-7-/t20-,22+,25+,35-/m1/s1. The van der Waals surface area contributed by atoms with Crippen molar-refractivity contribution in [1.82, 2.24) is 29.8 Å². The number of halogens is 3. The predicted molar refractivity (Wildman–Crippen MR) is 195 cm³/mol. The molecule has 2 N–H and O–H groups in total. The van der Waals surface area contributed by atoms with Gasteiger partial charge in [0.1, 0.15) is 45.6 Å². The van der Waals surface area contributed by atoms with Crippen LogP contribution >= 0.6 is 11.3 Å². The third-order valence-corrected chi connectivity index (χ3v) is 13.8. The maximum Gasteiger partial charge on any atom is 0.434 e. The topological polar surface area (TPSA) is 169 Å². The number of urea groups is 1. The summed E-state index contributed by atoms with van der Waals surface area (Å²) in [6.07, 6.45) is 1.37. The van der Waals surface area contributed by atoms with Gasteiger partial charge in [-0.1, -0.05) is 12.2 Å². The van der Waals surface area contributed by atoms with Gasteiger partial charge in [-0.25, -0.2) is 23.2 Å². The summed E-state index contributed by atoms with van der Waals surface area (Å²) in [5, 5.41) is 4.05. The number of nitrogens with one attached hydrogen (secondary N) is 2. The highest BCUT2D eigenvalue weighted by atomic mass is 32.2. The molecule has 3 aromatic rings. The second-order valence-electron chi connectivity index (χ2n) is 14.7. The minimum Gasteiger partial charge on any atom is -0.497 e. The monoisotopic (exact) mass is 806 g/mol. The summed E-state index contributed by atoms with van der Waals surface area (Å²) in [5.41, 5.74) is -2.27. The molecule has 1 saturated heterocycles. The van der Waals surface area contributed by atoms with Crippen molar-refractivity contribution in [3.63, 3.8) is 0 Å². The van der Waals surface area contributed by atoms with E-state index >= 15 is 0 Å². The summed E-state index contributed by atoms with van der Waals surface area (Å²) < 4.78 is 85.4. The Labute approximate surface area is 319 Å². The van der Waals surface area contributed by atoms with Crippen molar-refractivity contribution in [1.29, 1.82) is 0 Å². The smallest absolute Gasteiger partial charge is 0.434 e. The fourth-order valence-electron chi connectivity index (χ4n) is 7.06. The molecule has 4 aliphatic rings. The van der Waals surface area contributed by atoms with Gasteiger partial charge in [0.2, 0.25) is 15.9 Å². The van der Waals surface area contributed by atoms with Crippen LogP contribution in [0.3, 0.4) is 0 Å². The lowest BCUT2D eigenvalue weighted by Crippen LogP contribution is -2.58. The molecule has 296 valence electrons. The van der Waals surface area contributed by atoms with Crippen LogP contribution in [0.1, 0.15) is 57.6 Å². The van der Waals surface area contributed by atoms with E-state index in [1.807, 2.05) is 12.2 Å². The first-order valence-electron chi connectivity index (χ1n) is 17.8. The number of alkyl halides is 3. The Morgan fingerprint density at radius 2 is 1.85 bits per heavy atom. The van der Waals surface area contributed by atoms with Crippen LogP contribution < -0.4 is 24.2 Å². The Morgan fingerprint density at radius 3 is 2.53 bits per heavy atom. The Hall–Kier alpha value is -4.65. The number of allylic oxidation sites excluding steroid dienone is 1. The zero-order valence-electron chi connectivity index (χ0n) is 30.6. The Bertz CT molecular complexity index is 2180. The maximum atomic E-state index is 14.2. The molecule has 14 nitrogen and oxygen atoms in total. The van der Waals surface area contributed by atoms with Crippen molar-refractivity contribution in [2.75, 3.05) is 34.4 Å². The number of sulfonamides is 1. The number of carbonyl (C=O) groups is 3. The molecule has 3 fully saturated rings. The number of thiazole rings is 1. The summed E-state index contributed by atoms with van der Waals surface area (Å²) in [7, 11) is 0.499. The highest BCUT2D eigenvalue weighted by Gasteiger charge is 2.63. The number of ether oxygens (including phenoxy) is 3. The van der Waals surface area contributed by atoms with E-state index in [0.717, 1.165) is 23.1 Å². The van der Waals surface area contributed by atoms with Crippen LogP contribution in [0.25, 0.3) is 21.6 Å². The highest BCUT2D eigenvalue weighted by Crippen LogP contribution is 2.48. The highest BCUT2D eigenvalue weighted by molar-refractivity contribution is 7.91. The fourth-order valence-corrected chi connectivity index (χ4v) is 9.15. The number of rotatable bonds is 8. The van der Waals surface area contributed by atoms with Crippen molar-refractivity contribution in [3.05, 3.63) is 41.4 Å². The second-order valence-corrected chi connectivity index (χ2v) is 17.7. The zero-order chi connectivity index (χ0) is 39.5. The summed E-state index contributed by atoms with van der Waals surface area (Å²) in [6, 6.07) is 2.84. The van der Waals surface area contributed by atoms with Gasteiger partial charge in [-0.3, -0.25) is 14.3 Å². The first kappa shape index (κ1) is 38.6. The molecule has 4 atom stereocenters. The number of methoxy groups -OCH3 is 2.